The Bertz CT molecular complexity index is 336. The number of benzene rings is 1. The molecule has 1 N–H and O–H groups in total. The van der Waals surface area contributed by atoms with Crippen LogP contribution in [0.1, 0.15) is 45.3 Å². The summed E-state index contributed by atoms with van der Waals surface area (Å²) in [5.41, 5.74) is 0.883. The highest BCUT2D eigenvalue weighted by Gasteiger charge is 2.08. The summed E-state index contributed by atoms with van der Waals surface area (Å²) in [6.45, 7) is 7.39. The summed E-state index contributed by atoms with van der Waals surface area (Å²) in [7, 11) is 0. The zero-order valence-electron chi connectivity index (χ0n) is 11.6. The van der Waals surface area contributed by atoms with Gasteiger partial charge >= 0.3 is 0 Å². The zero-order valence-corrected chi connectivity index (χ0v) is 11.6. The fourth-order valence-corrected chi connectivity index (χ4v) is 1.68. The van der Waals surface area contributed by atoms with Gasteiger partial charge in [0, 0.05) is 19.6 Å². The molecule has 0 aliphatic heterocycles. The lowest BCUT2D eigenvalue weighted by Crippen LogP contribution is -2.07. The first-order valence-electron chi connectivity index (χ1n) is 6.66. The van der Waals surface area contributed by atoms with Gasteiger partial charge in [-0.15, -0.1) is 0 Å². The Morgan fingerprint density at radius 3 is 2.67 bits per heavy atom. The minimum atomic E-state index is -0.488. The van der Waals surface area contributed by atoms with E-state index in [4.69, 9.17) is 9.47 Å². The summed E-state index contributed by atoms with van der Waals surface area (Å²) in [5.74, 6) is 0.802. The molecule has 0 aliphatic rings. The lowest BCUT2D eigenvalue weighted by Gasteiger charge is -2.14. The van der Waals surface area contributed by atoms with Gasteiger partial charge in [-0.3, -0.25) is 0 Å². The molecule has 1 unspecified atom stereocenters. The average Bonchev–Trinajstić information content (AvgIpc) is 2.34. The van der Waals surface area contributed by atoms with Crippen LogP contribution in [0.2, 0.25) is 0 Å². The summed E-state index contributed by atoms with van der Waals surface area (Å²) in [6, 6.07) is 7.62. The van der Waals surface area contributed by atoms with Gasteiger partial charge in [0.15, 0.2) is 0 Å². The van der Waals surface area contributed by atoms with Crippen molar-refractivity contribution in [1.82, 2.24) is 0 Å². The van der Waals surface area contributed by atoms with Crippen LogP contribution in [-0.4, -0.2) is 24.4 Å². The van der Waals surface area contributed by atoms with Crippen LogP contribution < -0.4 is 4.74 Å². The third-order valence-corrected chi connectivity index (χ3v) is 2.50. The molecule has 1 atom stereocenters. The molecule has 0 saturated heterocycles. The second kappa shape index (κ2) is 8.11. The van der Waals surface area contributed by atoms with Gasteiger partial charge in [-0.05, 0) is 38.0 Å². The van der Waals surface area contributed by atoms with E-state index in [0.717, 1.165) is 24.3 Å². The molecule has 0 fully saturated rings. The minimum absolute atomic E-state index is 0.144. The normalized spacial score (nSPS) is 12.7. The van der Waals surface area contributed by atoms with Crippen molar-refractivity contribution in [1.29, 1.82) is 0 Å². The van der Waals surface area contributed by atoms with Gasteiger partial charge in [0.25, 0.3) is 0 Å². The van der Waals surface area contributed by atoms with Crippen molar-refractivity contribution in [3.8, 4) is 5.75 Å². The van der Waals surface area contributed by atoms with E-state index >= 15 is 0 Å². The molecular formula is C15H24O3. The summed E-state index contributed by atoms with van der Waals surface area (Å²) < 4.78 is 11.0. The summed E-state index contributed by atoms with van der Waals surface area (Å²) >= 11 is 0. The summed E-state index contributed by atoms with van der Waals surface area (Å²) in [4.78, 5) is 0. The molecule has 0 aliphatic carbocycles. The summed E-state index contributed by atoms with van der Waals surface area (Å²) in [6.07, 6.45) is 1.28. The van der Waals surface area contributed by atoms with Crippen LogP contribution >= 0.6 is 0 Å². The molecule has 1 aromatic carbocycles. The molecule has 102 valence electrons. The van der Waals surface area contributed by atoms with E-state index in [-0.39, 0.29) is 6.10 Å². The highest BCUT2D eigenvalue weighted by atomic mass is 16.5. The van der Waals surface area contributed by atoms with Gasteiger partial charge in [-0.1, -0.05) is 19.1 Å². The van der Waals surface area contributed by atoms with Crippen molar-refractivity contribution in [3.05, 3.63) is 29.8 Å². The largest absolute Gasteiger partial charge is 0.491 e. The maximum absolute atomic E-state index is 10.0. The quantitative estimate of drug-likeness (QED) is 0.721. The van der Waals surface area contributed by atoms with E-state index in [1.54, 1.807) is 0 Å². The molecule has 0 bridgehead atoms. The van der Waals surface area contributed by atoms with Gasteiger partial charge < -0.3 is 14.6 Å². The van der Waals surface area contributed by atoms with Crippen LogP contribution in [0.5, 0.6) is 5.75 Å². The first-order valence-corrected chi connectivity index (χ1v) is 6.66. The van der Waals surface area contributed by atoms with Crippen LogP contribution in [0.15, 0.2) is 24.3 Å². The predicted octanol–water partition coefficient (Wildman–Crippen LogP) is 3.32. The molecule has 0 aromatic heterocycles. The molecule has 0 heterocycles. The molecule has 3 nitrogen and oxygen atoms in total. The number of rotatable bonds is 8. The van der Waals surface area contributed by atoms with Crippen LogP contribution in [0, 0.1) is 0 Å². The molecule has 0 saturated carbocycles. The van der Waals surface area contributed by atoms with Crippen molar-refractivity contribution < 1.29 is 14.6 Å². The van der Waals surface area contributed by atoms with Crippen LogP contribution in [0.3, 0.4) is 0 Å². The Balaban J connectivity index is 2.48. The monoisotopic (exact) mass is 252 g/mol. The van der Waals surface area contributed by atoms with E-state index in [9.17, 15) is 5.11 Å². The van der Waals surface area contributed by atoms with Gasteiger partial charge in [-0.25, -0.2) is 0 Å². The lowest BCUT2D eigenvalue weighted by molar-refractivity contribution is 0.0820. The molecule has 1 rings (SSSR count). The predicted molar refractivity (Wildman–Crippen MR) is 72.9 cm³/mol. The Hall–Kier alpha value is -1.06. The van der Waals surface area contributed by atoms with Crippen molar-refractivity contribution >= 4 is 0 Å². The Labute approximate surface area is 110 Å². The smallest absolute Gasteiger partial charge is 0.120 e. The molecule has 0 radical (unpaired) electrons. The van der Waals surface area contributed by atoms with Gasteiger partial charge in [0.1, 0.15) is 5.75 Å². The molecular weight excluding hydrogens is 228 g/mol. The van der Waals surface area contributed by atoms with E-state index < -0.39 is 6.10 Å². The fraction of sp³-hybridized carbons (Fsp3) is 0.600. The first kappa shape index (κ1) is 15.0. The van der Waals surface area contributed by atoms with Crippen molar-refractivity contribution in [2.45, 2.75) is 45.8 Å². The van der Waals surface area contributed by atoms with E-state index in [0.29, 0.717) is 13.0 Å². The number of hydrogen-bond donors (Lipinski definition) is 1. The van der Waals surface area contributed by atoms with Crippen molar-refractivity contribution in [3.63, 3.8) is 0 Å². The van der Waals surface area contributed by atoms with E-state index in [1.165, 1.54) is 0 Å². The Kier molecular flexibility index (Phi) is 6.76. The van der Waals surface area contributed by atoms with Gasteiger partial charge in [0.05, 0.1) is 12.2 Å². The number of aliphatic hydroxyl groups excluding tert-OH is 1. The van der Waals surface area contributed by atoms with Crippen LogP contribution in [-0.2, 0) is 4.74 Å². The summed E-state index contributed by atoms with van der Waals surface area (Å²) in [5, 5.41) is 10.0. The van der Waals surface area contributed by atoms with Crippen molar-refractivity contribution in [2.75, 3.05) is 13.2 Å². The highest BCUT2D eigenvalue weighted by molar-refractivity contribution is 5.30. The average molecular weight is 252 g/mol. The Morgan fingerprint density at radius 2 is 2.00 bits per heavy atom. The van der Waals surface area contributed by atoms with Gasteiger partial charge in [0.2, 0.25) is 0 Å². The number of ether oxygens (including phenoxy) is 2. The SMILES string of the molecule is CCCOCCC(O)c1cccc(OC(C)C)c1. The first-order chi connectivity index (χ1) is 8.63. The van der Waals surface area contributed by atoms with Crippen molar-refractivity contribution in [2.24, 2.45) is 0 Å². The maximum atomic E-state index is 10.0. The molecule has 18 heavy (non-hydrogen) atoms. The fourth-order valence-electron chi connectivity index (χ4n) is 1.68. The minimum Gasteiger partial charge on any atom is -0.491 e. The Morgan fingerprint density at radius 1 is 1.22 bits per heavy atom. The molecule has 1 aromatic rings. The van der Waals surface area contributed by atoms with Crippen LogP contribution in [0.4, 0.5) is 0 Å². The standard InChI is InChI=1S/C15H24O3/c1-4-9-17-10-8-15(16)13-6-5-7-14(11-13)18-12(2)3/h5-7,11-12,15-16H,4,8-10H2,1-3H3. The van der Waals surface area contributed by atoms with E-state index in [1.807, 2.05) is 38.1 Å². The molecule has 3 heteroatoms. The number of hydrogen-bond acceptors (Lipinski definition) is 3. The lowest BCUT2D eigenvalue weighted by atomic mass is 10.1. The van der Waals surface area contributed by atoms with Gasteiger partial charge in [-0.2, -0.15) is 0 Å². The topological polar surface area (TPSA) is 38.7 Å². The third-order valence-electron chi connectivity index (χ3n) is 2.50. The molecule has 0 amide bonds. The number of aliphatic hydroxyl groups is 1. The molecule has 0 spiro atoms. The maximum Gasteiger partial charge on any atom is 0.120 e. The third kappa shape index (κ3) is 5.52. The zero-order chi connectivity index (χ0) is 13.4. The van der Waals surface area contributed by atoms with E-state index in [2.05, 4.69) is 6.92 Å². The second-order valence-electron chi connectivity index (χ2n) is 4.66. The van der Waals surface area contributed by atoms with Crippen LogP contribution in [0.25, 0.3) is 0 Å². The second-order valence-corrected chi connectivity index (χ2v) is 4.66. The highest BCUT2D eigenvalue weighted by Crippen LogP contribution is 2.22.